The summed E-state index contributed by atoms with van der Waals surface area (Å²) in [7, 11) is 1.13. The predicted octanol–water partition coefficient (Wildman–Crippen LogP) is 3.15. The third-order valence-corrected chi connectivity index (χ3v) is 2.91. The Labute approximate surface area is 109 Å². The summed E-state index contributed by atoms with van der Waals surface area (Å²) in [5.74, 6) is -0.815. The Morgan fingerprint density at radius 1 is 1.69 bits per heavy atom. The van der Waals surface area contributed by atoms with E-state index in [2.05, 4.69) is 9.72 Å². The van der Waals surface area contributed by atoms with Gasteiger partial charge in [-0.2, -0.15) is 0 Å². The monoisotopic (exact) mass is 361 g/mol. The summed E-state index contributed by atoms with van der Waals surface area (Å²) in [4.78, 5) is 15.0. The molecule has 1 rings (SSSR count). The highest BCUT2D eigenvalue weighted by atomic mass is 127. The first-order valence-electron chi connectivity index (χ1n) is 4.13. The molecule has 0 fully saturated rings. The van der Waals surface area contributed by atoms with E-state index in [1.807, 2.05) is 0 Å². The van der Waals surface area contributed by atoms with Crippen molar-refractivity contribution in [3.8, 4) is 0 Å². The number of methoxy groups -OCH3 is 1. The number of halogens is 4. The molecule has 3 nitrogen and oxygen atoms in total. The number of rotatable bonds is 3. The van der Waals surface area contributed by atoms with Gasteiger partial charge in [-0.05, 0) is 28.7 Å². The van der Waals surface area contributed by atoms with E-state index in [1.54, 1.807) is 22.6 Å². The van der Waals surface area contributed by atoms with Gasteiger partial charge in [-0.25, -0.2) is 18.6 Å². The van der Waals surface area contributed by atoms with Gasteiger partial charge in [0.15, 0.2) is 0 Å². The molecule has 0 radical (unpaired) electrons. The third-order valence-electron chi connectivity index (χ3n) is 1.79. The van der Waals surface area contributed by atoms with Gasteiger partial charge in [-0.3, -0.25) is 0 Å². The van der Waals surface area contributed by atoms with Gasteiger partial charge in [-0.15, -0.1) is 11.6 Å². The number of hydrogen-bond donors (Lipinski definition) is 0. The summed E-state index contributed by atoms with van der Waals surface area (Å²) in [6.07, 6.45) is -2.84. The van der Waals surface area contributed by atoms with Gasteiger partial charge in [0.1, 0.15) is 11.3 Å². The molecule has 0 aliphatic carbocycles. The fourth-order valence-corrected chi connectivity index (χ4v) is 2.11. The number of alkyl halides is 3. The molecular formula is C9H7ClF2INO2. The Balaban J connectivity index is 3.39. The van der Waals surface area contributed by atoms with Gasteiger partial charge in [0.25, 0.3) is 6.43 Å². The molecule has 7 heteroatoms. The smallest absolute Gasteiger partial charge is 0.341 e. The summed E-state index contributed by atoms with van der Waals surface area (Å²) < 4.78 is 30.2. The zero-order chi connectivity index (χ0) is 12.3. The number of aromatic nitrogens is 1. The van der Waals surface area contributed by atoms with Crippen molar-refractivity contribution in [1.29, 1.82) is 0 Å². The minimum atomic E-state index is -2.84. The van der Waals surface area contributed by atoms with E-state index in [1.165, 1.54) is 6.07 Å². The number of esters is 1. The van der Waals surface area contributed by atoms with E-state index >= 15 is 0 Å². The van der Waals surface area contributed by atoms with Crippen molar-refractivity contribution in [2.75, 3.05) is 7.11 Å². The topological polar surface area (TPSA) is 39.2 Å². The van der Waals surface area contributed by atoms with Crippen molar-refractivity contribution in [1.82, 2.24) is 4.98 Å². The van der Waals surface area contributed by atoms with E-state index in [0.29, 0.717) is 9.26 Å². The molecule has 0 unspecified atom stereocenters. The lowest BCUT2D eigenvalue weighted by Crippen LogP contribution is -2.12. The van der Waals surface area contributed by atoms with Crippen molar-refractivity contribution < 1.29 is 18.3 Å². The van der Waals surface area contributed by atoms with Crippen LogP contribution < -0.4 is 0 Å². The van der Waals surface area contributed by atoms with Crippen LogP contribution in [0.4, 0.5) is 8.78 Å². The van der Waals surface area contributed by atoms with Gasteiger partial charge in [0.05, 0.1) is 18.7 Å². The normalized spacial score (nSPS) is 10.6. The Hall–Kier alpha value is -0.500. The van der Waals surface area contributed by atoms with Crippen LogP contribution in [0.5, 0.6) is 0 Å². The standard InChI is InChI=1S/C9H7ClF2INO2/c1-16-9(15)6-5(13)2-4(3-10)14-7(6)8(11)12/h2,8H,3H2,1H3. The van der Waals surface area contributed by atoms with E-state index in [9.17, 15) is 13.6 Å². The molecule has 1 aromatic rings. The molecule has 0 saturated heterocycles. The Morgan fingerprint density at radius 2 is 2.31 bits per heavy atom. The van der Waals surface area contributed by atoms with Crippen LogP contribution in [0.3, 0.4) is 0 Å². The van der Waals surface area contributed by atoms with Crippen LogP contribution in [0.2, 0.25) is 0 Å². The summed E-state index contributed by atoms with van der Waals surface area (Å²) in [6, 6.07) is 1.48. The minimum Gasteiger partial charge on any atom is -0.465 e. The summed E-state index contributed by atoms with van der Waals surface area (Å²) in [5.41, 5.74) is -0.490. The molecular weight excluding hydrogens is 354 g/mol. The van der Waals surface area contributed by atoms with Crippen molar-refractivity contribution in [3.63, 3.8) is 0 Å². The number of carbonyl (C=O) groups is 1. The summed E-state index contributed by atoms with van der Waals surface area (Å²) >= 11 is 7.29. The van der Waals surface area contributed by atoms with E-state index in [-0.39, 0.29) is 11.4 Å². The molecule has 0 aromatic carbocycles. The molecule has 1 aromatic heterocycles. The Morgan fingerprint density at radius 3 is 2.75 bits per heavy atom. The minimum absolute atomic E-state index is 0.0111. The van der Waals surface area contributed by atoms with Gasteiger partial charge in [0, 0.05) is 3.57 Å². The van der Waals surface area contributed by atoms with E-state index < -0.39 is 18.1 Å². The average Bonchev–Trinajstić information content (AvgIpc) is 2.26. The molecule has 0 bridgehead atoms. The van der Waals surface area contributed by atoms with Crippen LogP contribution in [0.1, 0.15) is 28.2 Å². The molecule has 0 saturated carbocycles. The van der Waals surface area contributed by atoms with Crippen molar-refractivity contribution in [3.05, 3.63) is 26.6 Å². The zero-order valence-corrected chi connectivity index (χ0v) is 11.1. The number of pyridine rings is 1. The maximum atomic E-state index is 12.7. The quantitative estimate of drug-likeness (QED) is 0.472. The molecule has 0 aliphatic heterocycles. The highest BCUT2D eigenvalue weighted by Gasteiger charge is 2.24. The second-order valence-electron chi connectivity index (χ2n) is 2.78. The largest absolute Gasteiger partial charge is 0.465 e. The molecule has 1 heterocycles. The lowest BCUT2D eigenvalue weighted by molar-refractivity contribution is 0.0585. The Bertz CT molecular complexity index is 415. The van der Waals surface area contributed by atoms with Gasteiger partial charge in [-0.1, -0.05) is 0 Å². The first kappa shape index (κ1) is 13.6. The van der Waals surface area contributed by atoms with Crippen LogP contribution in [-0.4, -0.2) is 18.1 Å². The number of hydrogen-bond acceptors (Lipinski definition) is 3. The second-order valence-corrected chi connectivity index (χ2v) is 4.21. The first-order chi connectivity index (χ1) is 7.51. The molecule has 0 amide bonds. The highest BCUT2D eigenvalue weighted by Crippen LogP contribution is 2.26. The molecule has 0 atom stereocenters. The average molecular weight is 362 g/mol. The number of nitrogens with zero attached hydrogens (tertiary/aromatic N) is 1. The van der Waals surface area contributed by atoms with Crippen LogP contribution in [-0.2, 0) is 10.6 Å². The maximum Gasteiger partial charge on any atom is 0.341 e. The van der Waals surface area contributed by atoms with Gasteiger partial charge < -0.3 is 4.74 Å². The first-order valence-corrected chi connectivity index (χ1v) is 5.74. The molecule has 0 spiro atoms. The van der Waals surface area contributed by atoms with E-state index in [4.69, 9.17) is 11.6 Å². The van der Waals surface area contributed by atoms with Crippen LogP contribution in [0.25, 0.3) is 0 Å². The van der Waals surface area contributed by atoms with Crippen molar-refractivity contribution in [2.24, 2.45) is 0 Å². The molecule has 88 valence electrons. The highest BCUT2D eigenvalue weighted by molar-refractivity contribution is 14.1. The van der Waals surface area contributed by atoms with Crippen LogP contribution >= 0.6 is 34.2 Å². The van der Waals surface area contributed by atoms with Gasteiger partial charge >= 0.3 is 5.97 Å². The molecule has 0 aliphatic rings. The van der Waals surface area contributed by atoms with Crippen LogP contribution in [0.15, 0.2) is 6.07 Å². The molecule has 0 N–H and O–H groups in total. The van der Waals surface area contributed by atoms with Gasteiger partial charge in [0.2, 0.25) is 0 Å². The van der Waals surface area contributed by atoms with Crippen molar-refractivity contribution >= 4 is 40.2 Å². The third kappa shape index (κ3) is 2.79. The van der Waals surface area contributed by atoms with Crippen molar-refractivity contribution in [2.45, 2.75) is 12.3 Å². The molecule has 16 heavy (non-hydrogen) atoms. The SMILES string of the molecule is COC(=O)c1c(I)cc(CCl)nc1C(F)F. The summed E-state index contributed by atoms with van der Waals surface area (Å²) in [5, 5.41) is 0. The lowest BCUT2D eigenvalue weighted by atomic mass is 10.2. The zero-order valence-electron chi connectivity index (χ0n) is 8.14. The Kier molecular flexibility index (Phi) is 4.85. The van der Waals surface area contributed by atoms with E-state index in [0.717, 1.165) is 7.11 Å². The number of carbonyl (C=O) groups excluding carboxylic acids is 1. The summed E-state index contributed by atoms with van der Waals surface area (Å²) in [6.45, 7) is 0. The second kappa shape index (κ2) is 5.72. The lowest BCUT2D eigenvalue weighted by Gasteiger charge is -2.10. The fourth-order valence-electron chi connectivity index (χ4n) is 1.11. The maximum absolute atomic E-state index is 12.7. The predicted molar refractivity (Wildman–Crippen MR) is 62.8 cm³/mol. The fraction of sp³-hybridized carbons (Fsp3) is 0.333. The van der Waals surface area contributed by atoms with Crippen LogP contribution in [0, 0.1) is 3.57 Å². The number of ether oxygens (including phenoxy) is 1.